The Kier molecular flexibility index (Phi) is 4.80. The SMILES string of the molecule is NC(=Nc1ccc(F)c(Br)c1)c1nonc1NCc1cccnc1. The van der Waals surface area contributed by atoms with E-state index in [0.717, 1.165) is 5.56 Å². The third-order valence-corrected chi connectivity index (χ3v) is 3.67. The second kappa shape index (κ2) is 7.18. The average molecular weight is 391 g/mol. The number of aromatic nitrogens is 3. The van der Waals surface area contributed by atoms with Crippen LogP contribution in [0.5, 0.6) is 0 Å². The average Bonchev–Trinajstić information content (AvgIpc) is 3.06. The van der Waals surface area contributed by atoms with E-state index in [1.807, 2.05) is 12.1 Å². The Hall–Kier alpha value is -2.81. The molecule has 3 aromatic rings. The molecule has 0 saturated carbocycles. The van der Waals surface area contributed by atoms with Gasteiger partial charge in [0.05, 0.1) is 10.2 Å². The number of nitrogens with one attached hydrogen (secondary N) is 1. The van der Waals surface area contributed by atoms with Gasteiger partial charge in [0.2, 0.25) is 5.82 Å². The van der Waals surface area contributed by atoms with Crippen molar-refractivity contribution in [1.82, 2.24) is 15.3 Å². The number of pyridine rings is 1. The Morgan fingerprint density at radius 3 is 2.96 bits per heavy atom. The fraction of sp³-hybridized carbons (Fsp3) is 0.0667. The molecule has 0 aliphatic carbocycles. The zero-order valence-corrected chi connectivity index (χ0v) is 13.9. The van der Waals surface area contributed by atoms with E-state index in [4.69, 9.17) is 10.4 Å². The van der Waals surface area contributed by atoms with Gasteiger partial charge < -0.3 is 11.1 Å². The fourth-order valence-electron chi connectivity index (χ4n) is 1.91. The van der Waals surface area contributed by atoms with Crippen LogP contribution >= 0.6 is 15.9 Å². The Morgan fingerprint density at radius 1 is 1.33 bits per heavy atom. The molecule has 0 bridgehead atoms. The Morgan fingerprint density at radius 2 is 2.21 bits per heavy atom. The van der Waals surface area contributed by atoms with E-state index in [1.165, 1.54) is 18.2 Å². The quantitative estimate of drug-likeness (QED) is 0.512. The van der Waals surface area contributed by atoms with Crippen molar-refractivity contribution in [2.75, 3.05) is 5.32 Å². The first kappa shape index (κ1) is 16.1. The number of amidine groups is 1. The number of halogens is 2. The van der Waals surface area contributed by atoms with E-state index in [0.29, 0.717) is 22.5 Å². The summed E-state index contributed by atoms with van der Waals surface area (Å²) in [5.74, 6) is 0.0826. The van der Waals surface area contributed by atoms with Crippen molar-refractivity contribution >= 4 is 33.3 Å². The van der Waals surface area contributed by atoms with E-state index in [2.05, 4.69) is 41.5 Å². The van der Waals surface area contributed by atoms with Crippen LogP contribution in [0.2, 0.25) is 0 Å². The minimum atomic E-state index is -0.380. The molecule has 0 spiro atoms. The number of aliphatic imine (C=N–C) groups is 1. The lowest BCUT2D eigenvalue weighted by atomic mass is 10.3. The highest BCUT2D eigenvalue weighted by molar-refractivity contribution is 9.10. The maximum atomic E-state index is 13.3. The minimum absolute atomic E-state index is 0.100. The van der Waals surface area contributed by atoms with E-state index >= 15 is 0 Å². The summed E-state index contributed by atoms with van der Waals surface area (Å²) in [4.78, 5) is 8.23. The van der Waals surface area contributed by atoms with Gasteiger partial charge in [0.1, 0.15) is 5.82 Å². The molecular weight excluding hydrogens is 379 g/mol. The zero-order chi connectivity index (χ0) is 16.9. The van der Waals surface area contributed by atoms with Gasteiger partial charge in [-0.15, -0.1) is 0 Å². The lowest BCUT2D eigenvalue weighted by molar-refractivity contribution is 0.307. The summed E-state index contributed by atoms with van der Waals surface area (Å²) in [5.41, 5.74) is 7.67. The predicted molar refractivity (Wildman–Crippen MR) is 90.3 cm³/mol. The normalized spacial score (nSPS) is 11.5. The van der Waals surface area contributed by atoms with Gasteiger partial charge in [0.25, 0.3) is 0 Å². The number of hydrogen-bond donors (Lipinski definition) is 2. The topological polar surface area (TPSA) is 102 Å². The molecule has 7 nitrogen and oxygen atoms in total. The van der Waals surface area contributed by atoms with E-state index in [9.17, 15) is 4.39 Å². The molecule has 122 valence electrons. The molecule has 0 amide bonds. The van der Waals surface area contributed by atoms with Crippen LogP contribution in [0.25, 0.3) is 0 Å². The zero-order valence-electron chi connectivity index (χ0n) is 12.3. The van der Waals surface area contributed by atoms with Gasteiger partial charge >= 0.3 is 0 Å². The fourth-order valence-corrected chi connectivity index (χ4v) is 2.27. The molecule has 2 aromatic heterocycles. The molecule has 0 radical (unpaired) electrons. The first-order valence-corrected chi connectivity index (χ1v) is 7.67. The van der Waals surface area contributed by atoms with Crippen molar-refractivity contribution in [3.05, 3.63) is 64.3 Å². The summed E-state index contributed by atoms with van der Waals surface area (Å²) in [6.07, 6.45) is 3.42. The molecule has 0 atom stereocenters. The molecule has 24 heavy (non-hydrogen) atoms. The lowest BCUT2D eigenvalue weighted by Crippen LogP contribution is -2.16. The van der Waals surface area contributed by atoms with Gasteiger partial charge in [-0.2, -0.15) is 0 Å². The Bertz CT molecular complexity index is 867. The Labute approximate surface area is 144 Å². The van der Waals surface area contributed by atoms with Crippen molar-refractivity contribution in [2.45, 2.75) is 6.54 Å². The summed E-state index contributed by atoms with van der Waals surface area (Å²) in [6.45, 7) is 0.477. The summed E-state index contributed by atoms with van der Waals surface area (Å²) >= 11 is 3.10. The van der Waals surface area contributed by atoms with Crippen LogP contribution in [0.3, 0.4) is 0 Å². The standard InChI is InChI=1S/C15H12BrFN6O/c16-11-6-10(3-4-12(11)17)21-14(18)13-15(23-24-22-13)20-8-9-2-1-5-19-7-9/h1-7H,8H2,(H2,18,21)(H,20,23). The molecule has 0 aliphatic heterocycles. The molecule has 0 fully saturated rings. The highest BCUT2D eigenvalue weighted by Crippen LogP contribution is 2.23. The number of benzene rings is 1. The minimum Gasteiger partial charge on any atom is -0.382 e. The maximum Gasteiger partial charge on any atom is 0.202 e. The van der Waals surface area contributed by atoms with Gasteiger partial charge in [-0.3, -0.25) is 4.98 Å². The number of rotatable bonds is 5. The highest BCUT2D eigenvalue weighted by atomic mass is 79.9. The summed E-state index contributed by atoms with van der Waals surface area (Å²) in [5, 5.41) is 10.6. The second-order valence-electron chi connectivity index (χ2n) is 4.77. The maximum absolute atomic E-state index is 13.3. The van der Waals surface area contributed by atoms with Crippen LogP contribution in [0.4, 0.5) is 15.9 Å². The number of anilines is 1. The third kappa shape index (κ3) is 3.74. The Balaban J connectivity index is 1.78. The first-order chi connectivity index (χ1) is 11.6. The van der Waals surface area contributed by atoms with Gasteiger partial charge in [0.15, 0.2) is 11.5 Å². The molecule has 0 aliphatic rings. The predicted octanol–water partition coefficient (Wildman–Crippen LogP) is 3.02. The van der Waals surface area contributed by atoms with Crippen LogP contribution in [0, 0.1) is 5.82 Å². The van der Waals surface area contributed by atoms with Gasteiger partial charge in [-0.1, -0.05) is 6.07 Å². The monoisotopic (exact) mass is 390 g/mol. The molecule has 3 rings (SSSR count). The van der Waals surface area contributed by atoms with Crippen molar-refractivity contribution < 1.29 is 9.02 Å². The lowest BCUT2D eigenvalue weighted by Gasteiger charge is -2.04. The summed E-state index contributed by atoms with van der Waals surface area (Å²) in [6, 6.07) is 8.06. The molecule has 3 N–H and O–H groups in total. The van der Waals surface area contributed by atoms with Crippen molar-refractivity contribution in [1.29, 1.82) is 0 Å². The number of nitrogens with zero attached hydrogens (tertiary/aromatic N) is 4. The van der Waals surface area contributed by atoms with Crippen LogP contribution in [0.15, 0.2) is 56.8 Å². The van der Waals surface area contributed by atoms with Crippen LogP contribution < -0.4 is 11.1 Å². The largest absolute Gasteiger partial charge is 0.382 e. The van der Waals surface area contributed by atoms with E-state index in [-0.39, 0.29) is 17.3 Å². The molecule has 1 aromatic carbocycles. The smallest absolute Gasteiger partial charge is 0.202 e. The van der Waals surface area contributed by atoms with Crippen LogP contribution in [-0.4, -0.2) is 21.1 Å². The first-order valence-electron chi connectivity index (χ1n) is 6.88. The molecule has 0 saturated heterocycles. The van der Waals surface area contributed by atoms with Crippen molar-refractivity contribution in [3.63, 3.8) is 0 Å². The molecule has 2 heterocycles. The van der Waals surface area contributed by atoms with Crippen LogP contribution in [-0.2, 0) is 6.54 Å². The highest BCUT2D eigenvalue weighted by Gasteiger charge is 2.14. The van der Waals surface area contributed by atoms with Crippen LogP contribution in [0.1, 0.15) is 11.3 Å². The molecular formula is C15H12BrFN6O. The summed E-state index contributed by atoms with van der Waals surface area (Å²) in [7, 11) is 0. The van der Waals surface area contributed by atoms with Crippen molar-refractivity contribution in [2.24, 2.45) is 10.7 Å². The van der Waals surface area contributed by atoms with Gasteiger partial charge in [0, 0.05) is 18.9 Å². The molecule has 0 unspecified atom stereocenters. The second-order valence-corrected chi connectivity index (χ2v) is 5.63. The van der Waals surface area contributed by atoms with Crippen molar-refractivity contribution in [3.8, 4) is 0 Å². The van der Waals surface area contributed by atoms with Gasteiger partial charge in [-0.05, 0) is 56.1 Å². The van der Waals surface area contributed by atoms with E-state index in [1.54, 1.807) is 12.4 Å². The number of nitrogens with two attached hydrogens (primary N) is 1. The molecule has 9 heteroatoms. The number of hydrogen-bond acceptors (Lipinski definition) is 6. The van der Waals surface area contributed by atoms with E-state index < -0.39 is 0 Å². The third-order valence-electron chi connectivity index (χ3n) is 3.07. The van der Waals surface area contributed by atoms with Gasteiger partial charge in [-0.25, -0.2) is 14.0 Å². The summed E-state index contributed by atoms with van der Waals surface area (Å²) < 4.78 is 18.3.